The zero-order valence-electron chi connectivity index (χ0n) is 14.0. The third-order valence-corrected chi connectivity index (χ3v) is 4.34. The largest absolute Gasteiger partial charge is 0.421 e. The molecule has 0 spiro atoms. The minimum Gasteiger partial charge on any atom is -0.370 e. The van der Waals surface area contributed by atoms with Gasteiger partial charge in [0.25, 0.3) is 10.0 Å². The van der Waals surface area contributed by atoms with Gasteiger partial charge in [-0.15, -0.1) is 0 Å². The lowest BCUT2D eigenvalue weighted by Crippen LogP contribution is -2.14. The van der Waals surface area contributed by atoms with E-state index in [4.69, 9.17) is 6.57 Å². The van der Waals surface area contributed by atoms with Crippen molar-refractivity contribution in [1.29, 1.82) is 0 Å². The van der Waals surface area contributed by atoms with E-state index in [2.05, 4.69) is 25.4 Å². The van der Waals surface area contributed by atoms with Gasteiger partial charge in [0.1, 0.15) is 17.6 Å². The zero-order chi connectivity index (χ0) is 19.7. The molecule has 26 heavy (non-hydrogen) atoms. The topological polar surface area (TPSA) is 93.3 Å². The molecule has 0 fully saturated rings. The first-order valence-electron chi connectivity index (χ1n) is 7.24. The van der Waals surface area contributed by atoms with Crippen LogP contribution >= 0.6 is 0 Å². The van der Waals surface area contributed by atoms with E-state index in [1.54, 1.807) is 6.92 Å². The Balaban J connectivity index is 2.48. The molecule has 2 N–H and O–H groups in total. The Kier molecular flexibility index (Phi) is 5.13. The van der Waals surface area contributed by atoms with Crippen LogP contribution < -0.4 is 10.6 Å². The number of alkyl halides is 3. The Bertz CT molecular complexity index is 976. The van der Waals surface area contributed by atoms with Crippen LogP contribution in [0, 0.1) is 13.5 Å². The van der Waals surface area contributed by atoms with Crippen molar-refractivity contribution in [1.82, 2.24) is 13.9 Å². The molecule has 2 aromatic heterocycles. The number of hydrogen-bond acceptors (Lipinski definition) is 6. The molecule has 12 heteroatoms. The zero-order valence-corrected chi connectivity index (χ0v) is 14.8. The molecule has 0 unspecified atom stereocenters. The third-order valence-electron chi connectivity index (χ3n) is 3.34. The minimum atomic E-state index is -4.62. The van der Waals surface area contributed by atoms with Gasteiger partial charge in [-0.3, -0.25) is 0 Å². The summed E-state index contributed by atoms with van der Waals surface area (Å²) >= 11 is 0. The maximum absolute atomic E-state index is 13.0. The molecule has 0 bridgehead atoms. The first-order chi connectivity index (χ1) is 12.0. The van der Waals surface area contributed by atoms with Crippen molar-refractivity contribution >= 4 is 33.3 Å². The van der Waals surface area contributed by atoms with Gasteiger partial charge in [0.05, 0.1) is 11.9 Å². The van der Waals surface area contributed by atoms with Crippen LogP contribution in [0.1, 0.15) is 18.1 Å². The molecule has 0 aliphatic rings. The van der Waals surface area contributed by atoms with Gasteiger partial charge >= 0.3 is 6.18 Å². The molecule has 2 rings (SSSR count). The van der Waals surface area contributed by atoms with Crippen LogP contribution in [-0.2, 0) is 16.2 Å². The highest BCUT2D eigenvalue weighted by molar-refractivity contribution is 7.89. The monoisotopic (exact) mass is 388 g/mol. The number of halogens is 3. The van der Waals surface area contributed by atoms with Gasteiger partial charge in [0.2, 0.25) is 11.8 Å². The van der Waals surface area contributed by atoms with Crippen LogP contribution in [-0.4, -0.2) is 35.2 Å². The second-order valence-electron chi connectivity index (χ2n) is 5.27. The van der Waals surface area contributed by atoms with E-state index in [1.165, 1.54) is 6.92 Å². The fourth-order valence-electron chi connectivity index (χ4n) is 2.15. The van der Waals surface area contributed by atoms with Crippen molar-refractivity contribution in [3.05, 3.63) is 34.9 Å². The average Bonchev–Trinajstić information content (AvgIpc) is 2.83. The van der Waals surface area contributed by atoms with Crippen molar-refractivity contribution < 1.29 is 21.6 Å². The van der Waals surface area contributed by atoms with Gasteiger partial charge in [0.15, 0.2) is 0 Å². The van der Waals surface area contributed by atoms with Gasteiger partial charge in [-0.25, -0.2) is 4.98 Å². The van der Waals surface area contributed by atoms with Crippen LogP contribution in [0.25, 0.3) is 4.85 Å². The second kappa shape index (κ2) is 6.83. The lowest BCUT2D eigenvalue weighted by molar-refractivity contribution is -0.137. The van der Waals surface area contributed by atoms with E-state index in [9.17, 15) is 21.6 Å². The van der Waals surface area contributed by atoms with E-state index < -0.39 is 27.6 Å². The van der Waals surface area contributed by atoms with Crippen LogP contribution in [0.2, 0.25) is 0 Å². The summed E-state index contributed by atoms with van der Waals surface area (Å²) in [5.41, 5.74) is -0.514. The first kappa shape index (κ1) is 19.5. The van der Waals surface area contributed by atoms with Crippen molar-refractivity contribution in [3.8, 4) is 0 Å². The molecule has 0 aromatic carbocycles. The van der Waals surface area contributed by atoms with Crippen molar-refractivity contribution in [2.24, 2.45) is 0 Å². The molecule has 0 aliphatic carbocycles. The van der Waals surface area contributed by atoms with Gasteiger partial charge in [-0.05, 0) is 19.4 Å². The number of anilines is 3. The number of hydrogen-bond donors (Lipinski definition) is 2. The molecular weight excluding hydrogens is 373 g/mol. The van der Waals surface area contributed by atoms with Crippen molar-refractivity contribution in [2.45, 2.75) is 20.0 Å². The summed E-state index contributed by atoms with van der Waals surface area (Å²) in [5.74, 6) is -0.698. The molecule has 0 aliphatic heterocycles. The summed E-state index contributed by atoms with van der Waals surface area (Å²) < 4.78 is 63.2. The lowest BCUT2D eigenvalue weighted by Gasteiger charge is -2.13. The van der Waals surface area contributed by atoms with E-state index in [0.29, 0.717) is 11.8 Å². The van der Waals surface area contributed by atoms with Gasteiger partial charge in [-0.2, -0.15) is 30.5 Å². The van der Waals surface area contributed by atoms with Crippen LogP contribution in [0.5, 0.6) is 0 Å². The molecule has 2 heterocycles. The maximum Gasteiger partial charge on any atom is 0.421 e. The SMILES string of the molecule is [C-]#[N+]c1c(C)c(Nc2ncc(C(F)(F)F)c(NCC)n2)cn1S(C)(=O)=O. The summed E-state index contributed by atoms with van der Waals surface area (Å²) in [7, 11) is -3.72. The number of nitrogens with zero attached hydrogens (tertiary/aromatic N) is 4. The van der Waals surface area contributed by atoms with Crippen LogP contribution in [0.15, 0.2) is 12.4 Å². The van der Waals surface area contributed by atoms with E-state index in [-0.39, 0.29) is 24.0 Å². The van der Waals surface area contributed by atoms with E-state index in [0.717, 1.165) is 16.4 Å². The summed E-state index contributed by atoms with van der Waals surface area (Å²) in [6.07, 6.45) is -1.90. The molecule has 0 radical (unpaired) electrons. The summed E-state index contributed by atoms with van der Waals surface area (Å²) in [4.78, 5) is 10.6. The molecule has 0 atom stereocenters. The number of nitrogens with one attached hydrogen (secondary N) is 2. The highest BCUT2D eigenvalue weighted by Gasteiger charge is 2.35. The van der Waals surface area contributed by atoms with Crippen LogP contribution in [0.3, 0.4) is 0 Å². The quantitative estimate of drug-likeness (QED) is 0.765. The Morgan fingerprint density at radius 3 is 2.50 bits per heavy atom. The Morgan fingerprint density at radius 2 is 2.04 bits per heavy atom. The van der Waals surface area contributed by atoms with Gasteiger partial charge in [-0.1, -0.05) is 6.57 Å². The molecule has 2 aromatic rings. The maximum atomic E-state index is 13.0. The fourth-order valence-corrected chi connectivity index (χ4v) is 2.93. The van der Waals surface area contributed by atoms with E-state index in [1.807, 2.05) is 0 Å². The average molecular weight is 388 g/mol. The summed E-state index contributed by atoms with van der Waals surface area (Å²) in [5, 5.41) is 5.17. The minimum absolute atomic E-state index is 0.131. The van der Waals surface area contributed by atoms with Crippen LogP contribution in [0.4, 0.5) is 36.4 Å². The second-order valence-corrected chi connectivity index (χ2v) is 7.13. The van der Waals surface area contributed by atoms with Gasteiger partial charge < -0.3 is 15.5 Å². The number of rotatable bonds is 5. The molecule has 0 saturated carbocycles. The predicted octanol–water partition coefficient (Wildman–Crippen LogP) is 3.14. The summed E-state index contributed by atoms with van der Waals surface area (Å²) in [6.45, 7) is 10.5. The highest BCUT2D eigenvalue weighted by Crippen LogP contribution is 2.35. The lowest BCUT2D eigenvalue weighted by atomic mass is 10.3. The molecule has 0 saturated heterocycles. The normalized spacial score (nSPS) is 11.9. The molecule has 8 nitrogen and oxygen atoms in total. The molecule has 140 valence electrons. The molecule has 0 amide bonds. The van der Waals surface area contributed by atoms with E-state index >= 15 is 0 Å². The molecular formula is C14H15F3N6O2S. The van der Waals surface area contributed by atoms with Crippen molar-refractivity contribution in [2.75, 3.05) is 23.4 Å². The smallest absolute Gasteiger partial charge is 0.370 e. The predicted molar refractivity (Wildman–Crippen MR) is 90.2 cm³/mol. The van der Waals surface area contributed by atoms with Gasteiger partial charge in [0, 0.05) is 12.7 Å². The summed E-state index contributed by atoms with van der Waals surface area (Å²) in [6, 6.07) is 0. The number of aromatic nitrogens is 3. The van der Waals surface area contributed by atoms with Crippen molar-refractivity contribution in [3.63, 3.8) is 0 Å². The fraction of sp³-hybridized carbons (Fsp3) is 0.357. The Labute approximate surface area is 147 Å². The Hall–Kier alpha value is -2.81. The third kappa shape index (κ3) is 3.88. The standard InChI is InChI=1S/C14H15F3N6O2S/c1-5-19-11-9(14(15,16)17)6-20-13(22-11)21-10-7-23(26(4,24)25)12(18-3)8(10)2/h6-7H,5H2,1-2,4H3,(H2,19,20,21,22). The highest BCUT2D eigenvalue weighted by atomic mass is 32.2. The Morgan fingerprint density at radius 1 is 1.38 bits per heavy atom. The first-order valence-corrected chi connectivity index (χ1v) is 9.09.